The number of hydrogen-bond acceptors (Lipinski definition) is 11. The van der Waals surface area contributed by atoms with Crippen LogP contribution in [0.4, 0.5) is 0 Å². The van der Waals surface area contributed by atoms with E-state index in [4.69, 9.17) is 9.47 Å². The van der Waals surface area contributed by atoms with Crippen LogP contribution in [0.3, 0.4) is 0 Å². The van der Waals surface area contributed by atoms with Crippen molar-refractivity contribution < 1.29 is 44.9 Å². The number of hydrogen-bond donors (Lipinski definition) is 8. The van der Waals surface area contributed by atoms with Gasteiger partial charge in [0.25, 0.3) is 0 Å². The van der Waals surface area contributed by atoms with E-state index < -0.39 is 47.2 Å². The van der Waals surface area contributed by atoms with E-state index >= 15 is 0 Å². The summed E-state index contributed by atoms with van der Waals surface area (Å²) < 4.78 is 12.0. The second-order valence-electron chi connectivity index (χ2n) is 20.9. The first-order valence-electron chi connectivity index (χ1n) is 25.0. The van der Waals surface area contributed by atoms with Crippen molar-refractivity contribution in [3.63, 3.8) is 0 Å². The molecule has 0 aromatic heterocycles. The van der Waals surface area contributed by atoms with E-state index in [-0.39, 0.29) is 48.7 Å². The predicted octanol–water partition coefficient (Wildman–Crippen LogP) is 6.60. The van der Waals surface area contributed by atoms with Crippen LogP contribution < -0.4 is 10.6 Å². The molecule has 1 spiro atoms. The van der Waals surface area contributed by atoms with Gasteiger partial charge in [-0.25, -0.2) is 0 Å². The lowest BCUT2D eigenvalue weighted by Crippen LogP contribution is -2.65. The Balaban J connectivity index is 1.38. The number of methoxy groups -OCH3 is 1. The van der Waals surface area contributed by atoms with E-state index in [9.17, 15) is 35.4 Å². The highest BCUT2D eigenvalue weighted by molar-refractivity contribution is 5.74. The van der Waals surface area contributed by atoms with Crippen molar-refractivity contribution in [2.24, 2.45) is 46.8 Å². The largest absolute Gasteiger partial charge is 0.396 e. The van der Waals surface area contributed by atoms with Gasteiger partial charge in [0.05, 0.1) is 11.7 Å². The molecule has 0 amide bonds. The number of aliphatic hydroxyl groups excluding tert-OH is 5. The molecule has 2 fully saturated rings. The van der Waals surface area contributed by atoms with Crippen molar-refractivity contribution >= 4 is 6.29 Å². The number of benzene rings is 1. The van der Waals surface area contributed by atoms with E-state index in [1.165, 1.54) is 5.56 Å². The lowest BCUT2D eigenvalue weighted by atomic mass is 9.45. The lowest BCUT2D eigenvalue weighted by molar-refractivity contribution is -0.195. The number of aldehydes is 1. The lowest BCUT2D eigenvalue weighted by Gasteiger charge is -2.61. The molecule has 11 heteroatoms. The van der Waals surface area contributed by atoms with Gasteiger partial charge in [0, 0.05) is 55.6 Å². The van der Waals surface area contributed by atoms with Gasteiger partial charge in [-0.3, -0.25) is 10.1 Å². The maximum atomic E-state index is 13.2. The molecular weight excluding hydrogens is 845 g/mol. The quantitative estimate of drug-likeness (QED) is 0.0344. The van der Waals surface area contributed by atoms with Gasteiger partial charge >= 0.3 is 0 Å². The Kier molecular flexibility index (Phi) is 18.6. The summed E-state index contributed by atoms with van der Waals surface area (Å²) in [6, 6.07) is 8.60. The molecule has 5 aliphatic rings. The fourth-order valence-corrected chi connectivity index (χ4v) is 12.7. The highest BCUT2D eigenvalue weighted by Gasteiger charge is 2.69. The molecule has 67 heavy (non-hydrogen) atoms. The third-order valence-electron chi connectivity index (χ3n) is 16.4. The van der Waals surface area contributed by atoms with Crippen molar-refractivity contribution in [1.29, 1.82) is 0 Å². The first-order chi connectivity index (χ1) is 32.1. The van der Waals surface area contributed by atoms with Gasteiger partial charge in [-0.05, 0) is 150 Å². The minimum atomic E-state index is -1.30. The van der Waals surface area contributed by atoms with Gasteiger partial charge < -0.3 is 45.4 Å². The Morgan fingerprint density at radius 2 is 1.85 bits per heavy atom. The van der Waals surface area contributed by atoms with Gasteiger partial charge in [0.1, 0.15) is 18.6 Å². The number of rotatable bonds is 18. The molecule has 13 atom stereocenters. The van der Waals surface area contributed by atoms with E-state index in [0.29, 0.717) is 82.9 Å². The van der Waals surface area contributed by atoms with Crippen LogP contribution in [0.2, 0.25) is 0 Å². The summed E-state index contributed by atoms with van der Waals surface area (Å²) in [5.41, 5.74) is 3.55. The molecule has 1 aromatic carbocycles. The van der Waals surface area contributed by atoms with Gasteiger partial charge in [0.15, 0.2) is 6.29 Å². The van der Waals surface area contributed by atoms with Crippen molar-refractivity contribution in [1.82, 2.24) is 10.6 Å². The second kappa shape index (κ2) is 23.5. The minimum Gasteiger partial charge on any atom is -0.396 e. The Bertz CT molecular complexity index is 2030. The van der Waals surface area contributed by atoms with Crippen molar-refractivity contribution in [3.05, 3.63) is 118 Å². The van der Waals surface area contributed by atoms with Gasteiger partial charge in [-0.2, -0.15) is 0 Å². The van der Waals surface area contributed by atoms with Crippen LogP contribution in [0.5, 0.6) is 0 Å². The maximum Gasteiger partial charge on any atom is 0.162 e. The summed E-state index contributed by atoms with van der Waals surface area (Å²) in [5, 5.41) is 76.3. The first kappa shape index (κ1) is 53.0. The molecule has 13 unspecified atom stereocenters. The van der Waals surface area contributed by atoms with Crippen molar-refractivity contribution in [3.8, 4) is 0 Å². The van der Waals surface area contributed by atoms with Crippen molar-refractivity contribution in [2.45, 2.75) is 134 Å². The molecule has 370 valence electrons. The molecule has 2 saturated carbocycles. The molecule has 1 aromatic rings. The summed E-state index contributed by atoms with van der Waals surface area (Å²) in [6.45, 7) is 13.5. The zero-order chi connectivity index (χ0) is 48.5. The van der Waals surface area contributed by atoms with Crippen LogP contribution in [0.15, 0.2) is 107 Å². The highest BCUT2D eigenvalue weighted by atomic mass is 16.6. The summed E-state index contributed by atoms with van der Waals surface area (Å²) in [4.78, 5) is 12.6. The third-order valence-corrected chi connectivity index (χ3v) is 16.4. The maximum absolute atomic E-state index is 13.2. The molecule has 6 rings (SSSR count). The Labute approximate surface area is 400 Å². The molecule has 0 radical (unpaired) electrons. The fourth-order valence-electron chi connectivity index (χ4n) is 12.7. The van der Waals surface area contributed by atoms with Gasteiger partial charge in [-0.15, -0.1) is 0 Å². The number of carbonyl (C=O) groups is 1. The van der Waals surface area contributed by atoms with Crippen LogP contribution in [0.25, 0.3) is 0 Å². The average Bonchev–Trinajstić information content (AvgIpc) is 3.65. The van der Waals surface area contributed by atoms with Crippen LogP contribution in [0, 0.1) is 46.8 Å². The molecular formula is C56H82N2O9. The number of nitrogens with one attached hydrogen (secondary N) is 2. The monoisotopic (exact) mass is 927 g/mol. The molecule has 3 aliphatic carbocycles. The summed E-state index contributed by atoms with van der Waals surface area (Å²) >= 11 is 0. The van der Waals surface area contributed by atoms with E-state index in [0.717, 1.165) is 40.6 Å². The van der Waals surface area contributed by atoms with Crippen LogP contribution >= 0.6 is 0 Å². The van der Waals surface area contributed by atoms with Gasteiger partial charge in [0.2, 0.25) is 0 Å². The number of allylic oxidation sites excluding steroid dienone is 9. The Morgan fingerprint density at radius 3 is 2.54 bits per heavy atom. The SMILES string of the molecule is C=C(C=CC=C(C1C=CC(C(C)C)C(O)O1)C1CCC2(C1O)C1C(=C(C)C=O)C(C=CC1CCO)CC2(O)CCNC)C1CC=C(C)C(O)NC(CCCO)(CCOC)Cc2cccc(c2)C1. The zero-order valence-corrected chi connectivity index (χ0v) is 41.1. The van der Waals surface area contributed by atoms with Crippen molar-refractivity contribution in [2.75, 3.05) is 40.5 Å². The number of ether oxygens (including phenoxy) is 2. The van der Waals surface area contributed by atoms with Crippen LogP contribution in [0.1, 0.15) is 96.6 Å². The Hall–Kier alpha value is -3.33. The fraction of sp³-hybridized carbons (Fsp3) is 0.625. The smallest absolute Gasteiger partial charge is 0.162 e. The number of carbonyl (C=O) groups excluding carboxylic acids is 1. The summed E-state index contributed by atoms with van der Waals surface area (Å²) in [6.07, 6.45) is 19.8. The van der Waals surface area contributed by atoms with Crippen LogP contribution in [-0.4, -0.2) is 113 Å². The molecule has 11 nitrogen and oxygen atoms in total. The topological polar surface area (TPSA) is 181 Å². The molecule has 2 aliphatic heterocycles. The standard InChI is InChI=1S/C56H82N2O9/c1-36(2)45-19-20-48(67-53(45)64)46(47-21-24-56(51(47)62)50-42(22-29-60)17-18-44(49(50)39(5)35-61)34-55(56,65)25-27-57-6)14-8-11-37(3)43-16-15-38(4)52(63)58-54(23-10-28-59,26-30-66-7)33-41-13-9-12-40(31-41)32-43/h8-9,11-15,17-20,31,35-36,42-45,47-48,50-53,57-60,62-65H,3,10,16,21-30,32-34H2,1-2,4-7H3. The normalized spacial score (nSPS) is 36.6. The highest BCUT2D eigenvalue weighted by Crippen LogP contribution is 2.67. The second-order valence-corrected chi connectivity index (χ2v) is 20.9. The summed E-state index contributed by atoms with van der Waals surface area (Å²) in [5.74, 6) is -1.27. The third kappa shape index (κ3) is 11.5. The van der Waals surface area contributed by atoms with Gasteiger partial charge in [-0.1, -0.05) is 104 Å². The molecule has 4 bridgehead atoms. The van der Waals surface area contributed by atoms with Crippen LogP contribution in [-0.2, 0) is 27.1 Å². The first-order valence-corrected chi connectivity index (χ1v) is 25.0. The molecule has 2 heterocycles. The summed E-state index contributed by atoms with van der Waals surface area (Å²) in [7, 11) is 3.55. The van der Waals surface area contributed by atoms with E-state index in [1.54, 1.807) is 7.11 Å². The number of aliphatic hydroxyl groups is 6. The van der Waals surface area contributed by atoms with E-state index in [2.05, 4.69) is 73.6 Å². The minimum absolute atomic E-state index is 0.0104. The Morgan fingerprint density at radius 1 is 1.07 bits per heavy atom. The van der Waals surface area contributed by atoms with E-state index in [1.807, 2.05) is 51.3 Å². The number of fused-ring (bicyclic) bond motifs is 5. The zero-order valence-electron chi connectivity index (χ0n) is 41.1. The molecule has 0 saturated heterocycles. The predicted molar refractivity (Wildman–Crippen MR) is 264 cm³/mol. The molecule has 8 N–H and O–H groups in total. The average molecular weight is 927 g/mol.